The topological polar surface area (TPSA) is 108 Å². The van der Waals surface area contributed by atoms with E-state index in [0.29, 0.717) is 5.56 Å². The molecule has 7 nitrogen and oxygen atoms in total. The first kappa shape index (κ1) is 21.3. The Bertz CT molecular complexity index is 709. The van der Waals surface area contributed by atoms with Crippen LogP contribution in [0.2, 0.25) is 0 Å². The minimum atomic E-state index is -0.774. The van der Waals surface area contributed by atoms with Crippen LogP contribution in [0.5, 0.6) is 0 Å². The fourth-order valence-corrected chi connectivity index (χ4v) is 2.46. The van der Waals surface area contributed by atoms with Crippen molar-refractivity contribution in [2.45, 2.75) is 46.6 Å². The van der Waals surface area contributed by atoms with E-state index in [1.807, 2.05) is 13.8 Å². The maximum atomic E-state index is 12.1. The number of aliphatic imine (C=N–C) groups is 1. The number of ether oxygens (including phenoxy) is 2. The molecule has 1 aromatic rings. The van der Waals surface area contributed by atoms with Gasteiger partial charge in [-0.05, 0) is 69.9 Å². The number of esters is 1. The number of methoxy groups -OCH3 is 1. The molecule has 0 spiro atoms. The zero-order valence-corrected chi connectivity index (χ0v) is 16.1. The lowest BCUT2D eigenvalue weighted by molar-refractivity contribution is -0.142. The van der Waals surface area contributed by atoms with Crippen LogP contribution in [0.1, 0.15) is 47.8 Å². The molecular weight excluding hydrogens is 336 g/mol. The maximum absolute atomic E-state index is 12.1. The average molecular weight is 362 g/mol. The lowest BCUT2D eigenvalue weighted by atomic mass is 9.91. The number of primary amides is 1. The average Bonchev–Trinajstić information content (AvgIpc) is 2.50. The Kier molecular flexibility index (Phi) is 7.06. The second-order valence-electron chi connectivity index (χ2n) is 7.05. The molecule has 7 heteroatoms. The number of carbonyl (C=O) groups excluding carboxylic acids is 3. The van der Waals surface area contributed by atoms with Crippen molar-refractivity contribution in [1.29, 1.82) is 0 Å². The van der Waals surface area contributed by atoms with Gasteiger partial charge in [0.25, 0.3) is 0 Å². The van der Waals surface area contributed by atoms with Gasteiger partial charge in [0, 0.05) is 11.8 Å². The zero-order valence-electron chi connectivity index (χ0n) is 16.1. The molecule has 26 heavy (non-hydrogen) atoms. The van der Waals surface area contributed by atoms with Crippen LogP contribution in [-0.4, -0.2) is 36.9 Å². The molecule has 0 aliphatic heterocycles. The minimum Gasteiger partial charge on any atom is -0.469 e. The molecule has 0 bridgehead atoms. The summed E-state index contributed by atoms with van der Waals surface area (Å²) in [4.78, 5) is 38.9. The summed E-state index contributed by atoms with van der Waals surface area (Å²) < 4.78 is 9.90. The predicted octanol–water partition coefficient (Wildman–Crippen LogP) is 2.74. The van der Waals surface area contributed by atoms with Gasteiger partial charge in [0.05, 0.1) is 13.0 Å². The van der Waals surface area contributed by atoms with Crippen LogP contribution in [0.4, 0.5) is 4.79 Å². The van der Waals surface area contributed by atoms with Crippen LogP contribution in [-0.2, 0) is 20.7 Å². The van der Waals surface area contributed by atoms with E-state index in [1.54, 1.807) is 32.9 Å². The van der Waals surface area contributed by atoms with E-state index in [9.17, 15) is 14.4 Å². The lowest BCUT2D eigenvalue weighted by Crippen LogP contribution is -2.24. The highest BCUT2D eigenvalue weighted by atomic mass is 16.6. The highest BCUT2D eigenvalue weighted by Gasteiger charge is 2.22. The van der Waals surface area contributed by atoms with Crippen molar-refractivity contribution in [3.05, 3.63) is 34.4 Å². The number of amides is 2. The summed E-state index contributed by atoms with van der Waals surface area (Å²) in [5.74, 6) is -1.79. The quantitative estimate of drug-likeness (QED) is 0.640. The van der Waals surface area contributed by atoms with E-state index in [4.69, 9.17) is 15.2 Å². The number of benzene rings is 1. The Balaban J connectivity index is 3.08. The van der Waals surface area contributed by atoms with Gasteiger partial charge in [-0.2, -0.15) is 4.99 Å². The summed E-state index contributed by atoms with van der Waals surface area (Å²) in [6.07, 6.45) is 0.736. The number of nitrogens with zero attached hydrogens (tertiary/aromatic N) is 1. The van der Waals surface area contributed by atoms with E-state index in [2.05, 4.69) is 4.99 Å². The second kappa shape index (κ2) is 8.60. The lowest BCUT2D eigenvalue weighted by Gasteiger charge is -2.18. The molecule has 142 valence electrons. The minimum absolute atomic E-state index is 0.273. The normalized spacial score (nSPS) is 12.7. The van der Waals surface area contributed by atoms with Crippen LogP contribution >= 0.6 is 0 Å². The van der Waals surface area contributed by atoms with Crippen molar-refractivity contribution in [2.75, 3.05) is 7.11 Å². The standard InChI is InChI=1S/C19H26N2O5/c1-11-7-13(16(20)22)8-12(2)15(11)9-14(17(23)25-6)10-21-18(24)26-19(3,4)5/h7-8,10,14H,9H2,1-6H3,(H2,20,22)/b21-10+/t14-/m1/s1. The summed E-state index contributed by atoms with van der Waals surface area (Å²) in [5, 5.41) is 0. The molecule has 0 aliphatic carbocycles. The molecule has 0 heterocycles. The van der Waals surface area contributed by atoms with Gasteiger partial charge in [0.15, 0.2) is 0 Å². The number of rotatable bonds is 5. The molecule has 0 saturated heterocycles. The molecule has 0 saturated carbocycles. The second-order valence-corrected chi connectivity index (χ2v) is 7.05. The van der Waals surface area contributed by atoms with Crippen molar-refractivity contribution < 1.29 is 23.9 Å². The Labute approximate surface area is 153 Å². The Morgan fingerprint density at radius 1 is 1.19 bits per heavy atom. The van der Waals surface area contributed by atoms with Gasteiger partial charge in [-0.3, -0.25) is 9.59 Å². The third-order valence-corrected chi connectivity index (χ3v) is 3.66. The summed E-state index contributed by atoms with van der Waals surface area (Å²) in [6.45, 7) is 8.84. The summed E-state index contributed by atoms with van der Waals surface area (Å²) in [7, 11) is 1.27. The van der Waals surface area contributed by atoms with E-state index >= 15 is 0 Å². The third kappa shape index (κ3) is 6.31. The summed E-state index contributed by atoms with van der Waals surface area (Å²) >= 11 is 0. The van der Waals surface area contributed by atoms with Crippen LogP contribution in [0, 0.1) is 19.8 Å². The Morgan fingerprint density at radius 3 is 2.15 bits per heavy atom. The summed E-state index contributed by atoms with van der Waals surface area (Å²) in [5.41, 5.74) is 7.55. The maximum Gasteiger partial charge on any atom is 0.433 e. The molecule has 2 amide bonds. The van der Waals surface area contributed by atoms with Crippen LogP contribution in [0.25, 0.3) is 0 Å². The largest absolute Gasteiger partial charge is 0.469 e. The van der Waals surface area contributed by atoms with Crippen molar-refractivity contribution >= 4 is 24.2 Å². The van der Waals surface area contributed by atoms with Crippen molar-refractivity contribution in [2.24, 2.45) is 16.6 Å². The smallest absolute Gasteiger partial charge is 0.433 e. The van der Waals surface area contributed by atoms with Crippen molar-refractivity contribution in [1.82, 2.24) is 0 Å². The number of hydrogen-bond donors (Lipinski definition) is 1. The number of nitrogens with two attached hydrogens (primary N) is 1. The van der Waals surface area contributed by atoms with E-state index in [0.717, 1.165) is 16.7 Å². The fraction of sp³-hybridized carbons (Fsp3) is 0.474. The van der Waals surface area contributed by atoms with Gasteiger partial charge in [-0.25, -0.2) is 4.79 Å². The zero-order chi connectivity index (χ0) is 20.1. The molecule has 1 atom stereocenters. The Morgan fingerprint density at radius 2 is 1.73 bits per heavy atom. The monoisotopic (exact) mass is 362 g/mol. The molecule has 1 aromatic carbocycles. The van der Waals surface area contributed by atoms with Gasteiger partial charge >= 0.3 is 12.1 Å². The van der Waals surface area contributed by atoms with E-state index < -0.39 is 29.5 Å². The van der Waals surface area contributed by atoms with Gasteiger partial charge in [-0.1, -0.05) is 0 Å². The Hall–Kier alpha value is -2.70. The highest BCUT2D eigenvalue weighted by molar-refractivity contribution is 5.95. The molecule has 0 unspecified atom stereocenters. The first-order valence-corrected chi connectivity index (χ1v) is 8.19. The first-order valence-electron chi connectivity index (χ1n) is 8.19. The van der Waals surface area contributed by atoms with Gasteiger partial charge in [-0.15, -0.1) is 0 Å². The number of carbonyl (C=O) groups is 3. The molecule has 0 fully saturated rings. The molecule has 1 rings (SSSR count). The SMILES string of the molecule is COC(=O)[C@@H](/C=N/C(=O)OC(C)(C)C)Cc1c(C)cc(C(N)=O)cc1C. The highest BCUT2D eigenvalue weighted by Crippen LogP contribution is 2.21. The van der Waals surface area contributed by atoms with Gasteiger partial charge < -0.3 is 15.2 Å². The molecule has 0 radical (unpaired) electrons. The number of aryl methyl sites for hydroxylation is 2. The first-order chi connectivity index (χ1) is 11.9. The number of hydrogen-bond acceptors (Lipinski definition) is 5. The van der Waals surface area contributed by atoms with Crippen LogP contribution in [0.3, 0.4) is 0 Å². The third-order valence-electron chi connectivity index (χ3n) is 3.66. The molecule has 2 N–H and O–H groups in total. The fourth-order valence-electron chi connectivity index (χ4n) is 2.46. The van der Waals surface area contributed by atoms with E-state index in [1.165, 1.54) is 13.3 Å². The molecule has 0 aromatic heterocycles. The van der Waals surface area contributed by atoms with Crippen molar-refractivity contribution in [3.8, 4) is 0 Å². The van der Waals surface area contributed by atoms with Crippen LogP contribution in [0.15, 0.2) is 17.1 Å². The molecule has 0 aliphatic rings. The van der Waals surface area contributed by atoms with Gasteiger partial charge in [0.1, 0.15) is 5.60 Å². The van der Waals surface area contributed by atoms with Crippen LogP contribution < -0.4 is 5.73 Å². The van der Waals surface area contributed by atoms with Crippen molar-refractivity contribution in [3.63, 3.8) is 0 Å². The van der Waals surface area contributed by atoms with E-state index in [-0.39, 0.29) is 6.42 Å². The summed E-state index contributed by atoms with van der Waals surface area (Å²) in [6, 6.07) is 3.34. The molecular formula is C19H26N2O5. The predicted molar refractivity (Wildman–Crippen MR) is 98.4 cm³/mol. The van der Waals surface area contributed by atoms with Gasteiger partial charge in [0.2, 0.25) is 5.91 Å².